The molecule has 1 aromatic rings. The van der Waals surface area contributed by atoms with Crippen molar-refractivity contribution in [1.29, 1.82) is 0 Å². The van der Waals surface area contributed by atoms with Gasteiger partial charge in [0.1, 0.15) is 0 Å². The first kappa shape index (κ1) is 13.0. The highest BCUT2D eigenvalue weighted by Crippen LogP contribution is 2.23. The van der Waals surface area contributed by atoms with Crippen LogP contribution in [-0.2, 0) is 9.84 Å². The molecule has 0 spiro atoms. The highest BCUT2D eigenvalue weighted by molar-refractivity contribution is 9.10. The summed E-state index contributed by atoms with van der Waals surface area (Å²) in [4.78, 5) is 13.8. The third kappa shape index (κ3) is 3.08. The lowest BCUT2D eigenvalue weighted by molar-refractivity contribution is 0.0768. The number of thiophene rings is 1. The fourth-order valence-corrected chi connectivity index (χ4v) is 4.46. The third-order valence-corrected chi connectivity index (χ3v) is 6.11. The van der Waals surface area contributed by atoms with Crippen molar-refractivity contribution in [2.45, 2.75) is 6.42 Å². The molecule has 0 aliphatic carbocycles. The molecule has 4 nitrogen and oxygen atoms in total. The Morgan fingerprint density at radius 2 is 2.06 bits per heavy atom. The van der Waals surface area contributed by atoms with Crippen molar-refractivity contribution in [3.63, 3.8) is 0 Å². The van der Waals surface area contributed by atoms with Gasteiger partial charge < -0.3 is 4.90 Å². The topological polar surface area (TPSA) is 54.5 Å². The highest BCUT2D eigenvalue weighted by atomic mass is 79.9. The van der Waals surface area contributed by atoms with Gasteiger partial charge in [-0.2, -0.15) is 11.3 Å². The summed E-state index contributed by atoms with van der Waals surface area (Å²) >= 11 is 4.77. The molecule has 2 heterocycles. The van der Waals surface area contributed by atoms with Crippen LogP contribution in [-0.4, -0.2) is 43.8 Å². The molecule has 7 heteroatoms. The van der Waals surface area contributed by atoms with E-state index in [1.54, 1.807) is 10.3 Å². The Morgan fingerprint density at radius 3 is 2.71 bits per heavy atom. The fraction of sp³-hybridized carbons (Fsp3) is 0.500. The molecule has 1 fully saturated rings. The van der Waals surface area contributed by atoms with E-state index < -0.39 is 9.84 Å². The number of amides is 1. The van der Waals surface area contributed by atoms with Crippen LogP contribution in [0.25, 0.3) is 0 Å². The van der Waals surface area contributed by atoms with Crippen molar-refractivity contribution in [2.24, 2.45) is 0 Å². The number of halogens is 1. The number of nitrogens with zero attached hydrogens (tertiary/aromatic N) is 1. The van der Waals surface area contributed by atoms with Crippen molar-refractivity contribution >= 4 is 43.0 Å². The van der Waals surface area contributed by atoms with Crippen LogP contribution in [0.2, 0.25) is 0 Å². The number of carbonyl (C=O) groups excluding carboxylic acids is 1. The van der Waals surface area contributed by atoms with Crippen LogP contribution < -0.4 is 0 Å². The van der Waals surface area contributed by atoms with Crippen molar-refractivity contribution in [2.75, 3.05) is 24.6 Å². The predicted molar refractivity (Wildman–Crippen MR) is 71.2 cm³/mol. The third-order valence-electron chi connectivity index (χ3n) is 2.69. The molecule has 0 radical (unpaired) electrons. The van der Waals surface area contributed by atoms with E-state index in [2.05, 4.69) is 15.9 Å². The Labute approximate surface area is 113 Å². The Balaban J connectivity index is 2.14. The second kappa shape index (κ2) is 5.07. The lowest BCUT2D eigenvalue weighted by atomic mass is 10.3. The summed E-state index contributed by atoms with van der Waals surface area (Å²) in [5.41, 5.74) is 0.620. The Kier molecular flexibility index (Phi) is 3.89. The van der Waals surface area contributed by atoms with E-state index >= 15 is 0 Å². The van der Waals surface area contributed by atoms with E-state index in [1.807, 2.05) is 5.38 Å². The largest absolute Gasteiger partial charge is 0.338 e. The zero-order valence-electron chi connectivity index (χ0n) is 9.06. The van der Waals surface area contributed by atoms with E-state index in [-0.39, 0.29) is 17.4 Å². The molecule has 0 saturated carbocycles. The van der Waals surface area contributed by atoms with E-state index in [0.717, 1.165) is 4.47 Å². The zero-order chi connectivity index (χ0) is 12.5. The summed E-state index contributed by atoms with van der Waals surface area (Å²) in [7, 11) is -2.97. The molecule has 0 bridgehead atoms. The molecule has 17 heavy (non-hydrogen) atoms. The molecule has 1 aliphatic rings. The van der Waals surface area contributed by atoms with Gasteiger partial charge in [-0.3, -0.25) is 4.79 Å². The molecule has 0 unspecified atom stereocenters. The number of carbonyl (C=O) groups is 1. The number of rotatable bonds is 1. The van der Waals surface area contributed by atoms with Gasteiger partial charge in [0.25, 0.3) is 5.91 Å². The first-order valence-corrected chi connectivity index (χ1v) is 8.77. The van der Waals surface area contributed by atoms with Gasteiger partial charge in [0.05, 0.1) is 17.1 Å². The van der Waals surface area contributed by atoms with Crippen LogP contribution in [0.15, 0.2) is 15.2 Å². The number of hydrogen-bond donors (Lipinski definition) is 0. The lowest BCUT2D eigenvalue weighted by Crippen LogP contribution is -2.33. The summed E-state index contributed by atoms with van der Waals surface area (Å²) < 4.78 is 23.7. The minimum absolute atomic E-state index is 0.0699. The quantitative estimate of drug-likeness (QED) is 0.784. The molecule has 0 atom stereocenters. The van der Waals surface area contributed by atoms with Gasteiger partial charge in [-0.15, -0.1) is 0 Å². The van der Waals surface area contributed by atoms with E-state index in [1.165, 1.54) is 11.3 Å². The minimum Gasteiger partial charge on any atom is -0.338 e. The van der Waals surface area contributed by atoms with E-state index in [0.29, 0.717) is 25.1 Å². The number of sulfone groups is 1. The van der Waals surface area contributed by atoms with Crippen molar-refractivity contribution in [3.8, 4) is 0 Å². The Morgan fingerprint density at radius 1 is 1.29 bits per heavy atom. The summed E-state index contributed by atoms with van der Waals surface area (Å²) in [6.07, 6.45) is 0.524. The second-order valence-electron chi connectivity index (χ2n) is 3.93. The second-order valence-corrected chi connectivity index (χ2v) is 7.83. The first-order valence-electron chi connectivity index (χ1n) is 5.21. The molecule has 1 amide bonds. The molecule has 94 valence electrons. The molecule has 2 rings (SSSR count). The van der Waals surface area contributed by atoms with Gasteiger partial charge in [0.15, 0.2) is 9.84 Å². The van der Waals surface area contributed by atoms with E-state index in [9.17, 15) is 13.2 Å². The lowest BCUT2D eigenvalue weighted by Gasteiger charge is -2.19. The maximum atomic E-state index is 12.2. The van der Waals surface area contributed by atoms with Crippen molar-refractivity contribution in [3.05, 3.63) is 20.8 Å². The average Bonchev–Trinajstić information content (AvgIpc) is 2.59. The average molecular weight is 338 g/mol. The van der Waals surface area contributed by atoms with Gasteiger partial charge in [0, 0.05) is 28.3 Å². The monoisotopic (exact) mass is 337 g/mol. The zero-order valence-corrected chi connectivity index (χ0v) is 12.3. The smallest absolute Gasteiger partial charge is 0.255 e. The van der Waals surface area contributed by atoms with Crippen LogP contribution in [0.3, 0.4) is 0 Å². The standard InChI is InChI=1S/C10H12BrNO3S2/c11-9-7-16-6-8(9)10(13)12-2-1-4-17(14,15)5-3-12/h6-7H,1-5H2. The first-order chi connectivity index (χ1) is 7.99. The maximum absolute atomic E-state index is 12.2. The van der Waals surface area contributed by atoms with Gasteiger partial charge >= 0.3 is 0 Å². The van der Waals surface area contributed by atoms with Crippen molar-refractivity contribution in [1.82, 2.24) is 4.90 Å². The Bertz CT molecular complexity index is 523. The van der Waals surface area contributed by atoms with Crippen LogP contribution in [0.5, 0.6) is 0 Å². The predicted octanol–water partition coefficient (Wildman–Crippen LogP) is 1.77. The van der Waals surface area contributed by atoms with Gasteiger partial charge in [-0.05, 0) is 22.4 Å². The molecule has 0 N–H and O–H groups in total. The van der Waals surface area contributed by atoms with Crippen LogP contribution in [0.1, 0.15) is 16.8 Å². The van der Waals surface area contributed by atoms with E-state index in [4.69, 9.17) is 0 Å². The van der Waals surface area contributed by atoms with Crippen LogP contribution >= 0.6 is 27.3 Å². The summed E-state index contributed by atoms with van der Waals surface area (Å²) in [5.74, 6) is 0.164. The molecule has 0 aromatic carbocycles. The molecule has 1 saturated heterocycles. The fourth-order valence-electron chi connectivity index (χ4n) is 1.75. The number of hydrogen-bond acceptors (Lipinski definition) is 4. The molecular weight excluding hydrogens is 326 g/mol. The van der Waals surface area contributed by atoms with Gasteiger partial charge in [-0.1, -0.05) is 0 Å². The maximum Gasteiger partial charge on any atom is 0.255 e. The molecular formula is C10H12BrNO3S2. The molecule has 1 aliphatic heterocycles. The SMILES string of the molecule is O=C(c1cscc1Br)N1CCCS(=O)(=O)CC1. The summed E-state index contributed by atoms with van der Waals surface area (Å²) in [5, 5.41) is 3.63. The summed E-state index contributed by atoms with van der Waals surface area (Å²) in [6, 6.07) is 0. The normalized spacial score (nSPS) is 19.9. The van der Waals surface area contributed by atoms with Gasteiger partial charge in [-0.25, -0.2) is 8.42 Å². The van der Waals surface area contributed by atoms with Crippen LogP contribution in [0, 0.1) is 0 Å². The Hall–Kier alpha value is -0.400. The highest BCUT2D eigenvalue weighted by Gasteiger charge is 2.24. The van der Waals surface area contributed by atoms with Crippen LogP contribution in [0.4, 0.5) is 0 Å². The molecule has 1 aromatic heterocycles. The van der Waals surface area contributed by atoms with Gasteiger partial charge in [0.2, 0.25) is 0 Å². The summed E-state index contributed by atoms with van der Waals surface area (Å²) in [6.45, 7) is 0.809. The minimum atomic E-state index is -2.97. The van der Waals surface area contributed by atoms with Crippen molar-refractivity contribution < 1.29 is 13.2 Å².